The van der Waals surface area contributed by atoms with E-state index in [1.54, 1.807) is 32.3 Å². The molecule has 0 atom stereocenters. The number of nitrogens with one attached hydrogen (secondary N) is 2. The van der Waals surface area contributed by atoms with E-state index >= 15 is 0 Å². The van der Waals surface area contributed by atoms with E-state index in [-0.39, 0.29) is 24.0 Å². The van der Waals surface area contributed by atoms with Gasteiger partial charge in [0.1, 0.15) is 24.2 Å². The highest BCUT2D eigenvalue weighted by Crippen LogP contribution is 2.24. The van der Waals surface area contributed by atoms with Gasteiger partial charge in [0.25, 0.3) is 0 Å². The van der Waals surface area contributed by atoms with E-state index in [0.29, 0.717) is 19.0 Å². The number of guanidine groups is 1. The first-order valence-corrected chi connectivity index (χ1v) is 8.83. The van der Waals surface area contributed by atoms with Gasteiger partial charge in [-0.1, -0.05) is 12.1 Å². The van der Waals surface area contributed by atoms with Crippen molar-refractivity contribution in [3.8, 4) is 17.2 Å². The molecule has 29 heavy (non-hydrogen) atoms. The number of hydrogen-bond donors (Lipinski definition) is 2. The molecule has 2 aromatic carbocycles. The second kappa shape index (κ2) is 11.2. The average molecular weight is 508 g/mol. The first-order chi connectivity index (χ1) is 13.7. The summed E-state index contributed by atoms with van der Waals surface area (Å²) in [6.45, 7) is 1.23. The molecule has 2 N–H and O–H groups in total. The van der Waals surface area contributed by atoms with Crippen molar-refractivity contribution in [3.63, 3.8) is 0 Å². The van der Waals surface area contributed by atoms with Gasteiger partial charge in [0.2, 0.25) is 0 Å². The normalized spacial score (nSPS) is 10.8. The molecular formula is C20H25IN6O2. The predicted octanol–water partition coefficient (Wildman–Crippen LogP) is 2.77. The van der Waals surface area contributed by atoms with Crippen LogP contribution in [0.4, 0.5) is 0 Å². The third-order valence-electron chi connectivity index (χ3n) is 4.24. The van der Waals surface area contributed by atoms with Gasteiger partial charge in [0, 0.05) is 31.8 Å². The third kappa shape index (κ3) is 6.08. The smallest absolute Gasteiger partial charge is 0.191 e. The molecule has 0 saturated heterocycles. The van der Waals surface area contributed by atoms with Crippen LogP contribution in [0.3, 0.4) is 0 Å². The fourth-order valence-electron chi connectivity index (χ4n) is 2.69. The summed E-state index contributed by atoms with van der Waals surface area (Å²) in [6, 6.07) is 13.8. The van der Waals surface area contributed by atoms with Crippen molar-refractivity contribution in [3.05, 3.63) is 66.2 Å². The van der Waals surface area contributed by atoms with E-state index in [4.69, 9.17) is 9.47 Å². The molecule has 1 heterocycles. The lowest BCUT2D eigenvalue weighted by molar-refractivity contribution is 0.390. The summed E-state index contributed by atoms with van der Waals surface area (Å²) in [5, 5.41) is 10.7. The Kier molecular flexibility index (Phi) is 8.71. The Morgan fingerprint density at radius 3 is 2.41 bits per heavy atom. The molecule has 9 heteroatoms. The summed E-state index contributed by atoms with van der Waals surface area (Å²) in [7, 11) is 5.03. The zero-order chi connectivity index (χ0) is 19.8. The van der Waals surface area contributed by atoms with Gasteiger partial charge in [0.05, 0.1) is 19.9 Å². The maximum atomic E-state index is 5.43. The lowest BCUT2D eigenvalue weighted by atomic mass is 10.2. The monoisotopic (exact) mass is 508 g/mol. The van der Waals surface area contributed by atoms with E-state index in [1.807, 2.05) is 42.5 Å². The van der Waals surface area contributed by atoms with Crippen LogP contribution in [0.2, 0.25) is 0 Å². The van der Waals surface area contributed by atoms with E-state index in [2.05, 4.69) is 25.7 Å². The van der Waals surface area contributed by atoms with Gasteiger partial charge in [-0.15, -0.1) is 24.0 Å². The summed E-state index contributed by atoms with van der Waals surface area (Å²) < 4.78 is 12.4. The van der Waals surface area contributed by atoms with E-state index in [1.165, 1.54) is 6.33 Å². The number of ether oxygens (including phenoxy) is 2. The first kappa shape index (κ1) is 22.5. The maximum absolute atomic E-state index is 5.43. The average Bonchev–Trinajstić information content (AvgIpc) is 3.29. The van der Waals surface area contributed by atoms with Crippen LogP contribution in [-0.4, -0.2) is 42.0 Å². The zero-order valence-electron chi connectivity index (χ0n) is 16.6. The van der Waals surface area contributed by atoms with Gasteiger partial charge in [-0.2, -0.15) is 5.10 Å². The molecule has 0 bridgehead atoms. The quantitative estimate of drug-likeness (QED) is 0.290. The Labute approximate surface area is 187 Å². The van der Waals surface area contributed by atoms with Gasteiger partial charge >= 0.3 is 0 Å². The highest BCUT2D eigenvalue weighted by atomic mass is 127. The molecule has 0 aliphatic heterocycles. The molecule has 8 nitrogen and oxygen atoms in total. The van der Waals surface area contributed by atoms with Crippen LogP contribution in [0, 0.1) is 0 Å². The molecule has 1 aromatic heterocycles. The number of methoxy groups -OCH3 is 2. The van der Waals surface area contributed by atoms with Gasteiger partial charge < -0.3 is 20.1 Å². The topological polar surface area (TPSA) is 85.6 Å². The number of hydrogen-bond acceptors (Lipinski definition) is 5. The summed E-state index contributed by atoms with van der Waals surface area (Å²) in [5.74, 6) is 2.24. The van der Waals surface area contributed by atoms with E-state index in [9.17, 15) is 0 Å². The zero-order valence-corrected chi connectivity index (χ0v) is 19.0. The van der Waals surface area contributed by atoms with Crippen molar-refractivity contribution in [2.24, 2.45) is 4.99 Å². The third-order valence-corrected chi connectivity index (χ3v) is 4.24. The minimum absolute atomic E-state index is 0. The fourth-order valence-corrected chi connectivity index (χ4v) is 2.69. The highest BCUT2D eigenvalue weighted by molar-refractivity contribution is 14.0. The van der Waals surface area contributed by atoms with Crippen molar-refractivity contribution in [1.29, 1.82) is 0 Å². The Hall–Kier alpha value is -2.82. The molecule has 0 amide bonds. The van der Waals surface area contributed by atoms with Crippen LogP contribution in [0.15, 0.2) is 60.1 Å². The maximum Gasteiger partial charge on any atom is 0.191 e. The number of halogens is 1. The number of rotatable bonds is 7. The van der Waals surface area contributed by atoms with Crippen molar-refractivity contribution >= 4 is 29.9 Å². The lowest BCUT2D eigenvalue weighted by Crippen LogP contribution is -2.36. The summed E-state index contributed by atoms with van der Waals surface area (Å²) in [5.41, 5.74) is 3.12. The lowest BCUT2D eigenvalue weighted by Gasteiger charge is -2.14. The minimum Gasteiger partial charge on any atom is -0.497 e. The molecule has 3 aromatic rings. The Morgan fingerprint density at radius 2 is 1.79 bits per heavy atom. The van der Waals surface area contributed by atoms with Crippen molar-refractivity contribution < 1.29 is 9.47 Å². The molecular weight excluding hydrogens is 483 g/mol. The molecule has 0 fully saturated rings. The number of aliphatic imine (C=N–C) groups is 1. The highest BCUT2D eigenvalue weighted by Gasteiger charge is 2.06. The van der Waals surface area contributed by atoms with Crippen molar-refractivity contribution in [2.45, 2.75) is 13.1 Å². The predicted molar refractivity (Wildman–Crippen MR) is 123 cm³/mol. The van der Waals surface area contributed by atoms with Crippen molar-refractivity contribution in [1.82, 2.24) is 25.4 Å². The van der Waals surface area contributed by atoms with Gasteiger partial charge in [-0.05, 0) is 29.8 Å². The number of nitrogens with zero attached hydrogens (tertiary/aromatic N) is 4. The molecule has 0 saturated carbocycles. The molecule has 154 valence electrons. The van der Waals surface area contributed by atoms with Crippen molar-refractivity contribution in [2.75, 3.05) is 21.3 Å². The number of aromatic nitrogens is 3. The Balaban J connectivity index is 0.00000300. The Bertz CT molecular complexity index is 913. The summed E-state index contributed by atoms with van der Waals surface area (Å²) in [4.78, 5) is 8.23. The van der Waals surface area contributed by atoms with Crippen LogP contribution in [0.1, 0.15) is 11.1 Å². The first-order valence-electron chi connectivity index (χ1n) is 8.83. The largest absolute Gasteiger partial charge is 0.497 e. The Morgan fingerprint density at radius 1 is 1.03 bits per heavy atom. The van der Waals surface area contributed by atoms with Gasteiger partial charge in [0.15, 0.2) is 5.96 Å². The van der Waals surface area contributed by atoms with Crippen LogP contribution >= 0.6 is 24.0 Å². The summed E-state index contributed by atoms with van der Waals surface area (Å²) >= 11 is 0. The SMILES string of the molecule is CN=C(NCc1ccc(-n2cncn2)cc1)NCc1ccc(OC)cc1OC.I. The minimum atomic E-state index is 0. The number of benzene rings is 2. The molecule has 0 aliphatic carbocycles. The van der Waals surface area contributed by atoms with Crippen LogP contribution < -0.4 is 20.1 Å². The van der Waals surface area contributed by atoms with Crippen LogP contribution in [-0.2, 0) is 13.1 Å². The van der Waals surface area contributed by atoms with Crippen LogP contribution in [0.5, 0.6) is 11.5 Å². The molecule has 3 rings (SSSR count). The van der Waals surface area contributed by atoms with Gasteiger partial charge in [-0.3, -0.25) is 4.99 Å². The molecule has 0 aliphatic rings. The van der Waals surface area contributed by atoms with E-state index < -0.39 is 0 Å². The van der Waals surface area contributed by atoms with Crippen LogP contribution in [0.25, 0.3) is 5.69 Å². The summed E-state index contributed by atoms with van der Waals surface area (Å²) in [6.07, 6.45) is 3.19. The fraction of sp³-hybridized carbons (Fsp3) is 0.250. The molecule has 0 radical (unpaired) electrons. The second-order valence-electron chi connectivity index (χ2n) is 5.96. The molecule has 0 unspecified atom stereocenters. The molecule has 0 spiro atoms. The second-order valence-corrected chi connectivity index (χ2v) is 5.96. The van der Waals surface area contributed by atoms with E-state index in [0.717, 1.165) is 28.3 Å². The standard InChI is InChI=1S/C20H24N6O2.HI/c1-21-20(24-12-16-6-9-18(27-2)10-19(16)28-3)23-11-15-4-7-17(8-5-15)26-14-22-13-25-26;/h4-10,13-14H,11-12H2,1-3H3,(H2,21,23,24);1H. The van der Waals surface area contributed by atoms with Gasteiger partial charge in [-0.25, -0.2) is 9.67 Å².